The highest BCUT2D eigenvalue weighted by Crippen LogP contribution is 2.35. The minimum absolute atomic E-state index is 0.0967. The molecule has 0 spiro atoms. The van der Waals surface area contributed by atoms with Gasteiger partial charge < -0.3 is 9.84 Å². The van der Waals surface area contributed by atoms with Crippen molar-refractivity contribution in [1.82, 2.24) is 0 Å². The molecule has 0 aliphatic carbocycles. The number of benzene rings is 1. The Bertz CT molecular complexity index is 300. The number of hydrogen-bond donors (Lipinski definition) is 1. The molecule has 14 heavy (non-hydrogen) atoms. The number of ether oxygens (including phenoxy) is 1. The molecule has 0 aromatic heterocycles. The normalized spacial score (nSPS) is 32.1. The Morgan fingerprint density at radius 2 is 2.00 bits per heavy atom. The first-order valence-electron chi connectivity index (χ1n) is 4.76. The van der Waals surface area contributed by atoms with E-state index in [4.69, 9.17) is 4.74 Å². The topological polar surface area (TPSA) is 29.5 Å². The lowest BCUT2D eigenvalue weighted by atomic mass is 10.0. The molecule has 0 radical (unpaired) electrons. The lowest BCUT2D eigenvalue weighted by molar-refractivity contribution is -0.106. The Kier molecular flexibility index (Phi) is 2.52. The van der Waals surface area contributed by atoms with Crippen LogP contribution in [0.2, 0.25) is 0 Å². The van der Waals surface area contributed by atoms with Gasteiger partial charge in [-0.25, -0.2) is 4.39 Å². The summed E-state index contributed by atoms with van der Waals surface area (Å²) in [6, 6.07) is 6.22. The van der Waals surface area contributed by atoms with Gasteiger partial charge >= 0.3 is 0 Å². The molecular formula is C11H13FO2. The summed E-state index contributed by atoms with van der Waals surface area (Å²) in [6.45, 7) is 1.94. The van der Waals surface area contributed by atoms with Crippen molar-refractivity contribution in [3.8, 4) is 0 Å². The molecule has 1 saturated heterocycles. The minimum Gasteiger partial charge on any atom is -0.368 e. The molecule has 1 unspecified atom stereocenters. The summed E-state index contributed by atoms with van der Waals surface area (Å²) in [7, 11) is 0. The van der Waals surface area contributed by atoms with Crippen molar-refractivity contribution in [1.29, 1.82) is 0 Å². The van der Waals surface area contributed by atoms with E-state index in [9.17, 15) is 9.50 Å². The third-order valence-corrected chi connectivity index (χ3v) is 2.62. The smallest absolute Gasteiger partial charge is 0.158 e. The van der Waals surface area contributed by atoms with Crippen LogP contribution in [0.25, 0.3) is 0 Å². The molecule has 1 aliphatic rings. The highest BCUT2D eigenvalue weighted by atomic mass is 19.1. The van der Waals surface area contributed by atoms with Gasteiger partial charge in [0.15, 0.2) is 6.29 Å². The van der Waals surface area contributed by atoms with E-state index in [1.807, 2.05) is 6.92 Å². The maximum Gasteiger partial charge on any atom is 0.158 e. The van der Waals surface area contributed by atoms with Gasteiger partial charge in [-0.2, -0.15) is 0 Å². The fourth-order valence-corrected chi connectivity index (χ4v) is 1.70. The van der Waals surface area contributed by atoms with Gasteiger partial charge in [0.05, 0.1) is 6.10 Å². The third-order valence-electron chi connectivity index (χ3n) is 2.62. The van der Waals surface area contributed by atoms with Crippen molar-refractivity contribution < 1.29 is 14.2 Å². The summed E-state index contributed by atoms with van der Waals surface area (Å²) in [5, 5.41) is 9.39. The summed E-state index contributed by atoms with van der Waals surface area (Å²) < 4.78 is 18.0. The van der Waals surface area contributed by atoms with E-state index in [2.05, 4.69) is 0 Å². The number of aliphatic hydroxyl groups is 1. The molecule has 2 nitrogen and oxygen atoms in total. The van der Waals surface area contributed by atoms with Crippen molar-refractivity contribution >= 4 is 0 Å². The van der Waals surface area contributed by atoms with Gasteiger partial charge in [0.25, 0.3) is 0 Å². The summed E-state index contributed by atoms with van der Waals surface area (Å²) in [5.41, 5.74) is 0.926. The van der Waals surface area contributed by atoms with Gasteiger partial charge in [-0.15, -0.1) is 0 Å². The number of aliphatic hydroxyl groups excluding tert-OH is 1. The fraction of sp³-hybridized carbons (Fsp3) is 0.455. The van der Waals surface area contributed by atoms with Crippen LogP contribution in [-0.4, -0.2) is 11.4 Å². The van der Waals surface area contributed by atoms with E-state index < -0.39 is 6.29 Å². The van der Waals surface area contributed by atoms with Crippen molar-refractivity contribution in [2.45, 2.75) is 25.7 Å². The SMILES string of the molecule is C[C@H]1C[C@H](c2ccc(F)cc2)OC1O. The van der Waals surface area contributed by atoms with E-state index >= 15 is 0 Å². The summed E-state index contributed by atoms with van der Waals surface area (Å²) >= 11 is 0. The molecule has 1 heterocycles. The number of hydrogen-bond acceptors (Lipinski definition) is 2. The van der Waals surface area contributed by atoms with Crippen molar-refractivity contribution in [3.05, 3.63) is 35.6 Å². The molecule has 0 amide bonds. The summed E-state index contributed by atoms with van der Waals surface area (Å²) in [4.78, 5) is 0. The molecule has 1 aromatic rings. The molecule has 76 valence electrons. The van der Waals surface area contributed by atoms with Gasteiger partial charge in [-0.05, 0) is 24.1 Å². The predicted molar refractivity (Wildman–Crippen MR) is 50.0 cm³/mol. The zero-order valence-electron chi connectivity index (χ0n) is 7.98. The molecule has 1 aromatic carbocycles. The Morgan fingerprint density at radius 3 is 2.50 bits per heavy atom. The van der Waals surface area contributed by atoms with Crippen LogP contribution in [-0.2, 0) is 4.74 Å². The molecule has 1 aliphatic heterocycles. The molecule has 1 N–H and O–H groups in total. The maximum atomic E-state index is 12.6. The highest BCUT2D eigenvalue weighted by molar-refractivity contribution is 5.19. The van der Waals surface area contributed by atoms with Gasteiger partial charge in [-0.3, -0.25) is 0 Å². The van der Waals surface area contributed by atoms with Crippen LogP contribution in [0.15, 0.2) is 24.3 Å². The van der Waals surface area contributed by atoms with Crippen LogP contribution < -0.4 is 0 Å². The van der Waals surface area contributed by atoms with Gasteiger partial charge in [-0.1, -0.05) is 19.1 Å². The molecular weight excluding hydrogens is 183 g/mol. The van der Waals surface area contributed by atoms with E-state index in [1.54, 1.807) is 12.1 Å². The number of rotatable bonds is 1. The van der Waals surface area contributed by atoms with Gasteiger partial charge in [0.1, 0.15) is 5.82 Å². The maximum absolute atomic E-state index is 12.6. The lowest BCUT2D eigenvalue weighted by Crippen LogP contribution is -2.10. The average Bonchev–Trinajstić information content (AvgIpc) is 2.48. The monoisotopic (exact) mass is 196 g/mol. The van der Waals surface area contributed by atoms with Crippen molar-refractivity contribution in [2.75, 3.05) is 0 Å². The third kappa shape index (κ3) is 1.79. The Labute approximate surface area is 82.3 Å². The second-order valence-electron chi connectivity index (χ2n) is 3.78. The molecule has 0 saturated carbocycles. The van der Waals surface area contributed by atoms with E-state index in [0.29, 0.717) is 0 Å². The zero-order chi connectivity index (χ0) is 10.1. The molecule has 0 bridgehead atoms. The first kappa shape index (κ1) is 9.62. The Morgan fingerprint density at radius 1 is 1.36 bits per heavy atom. The molecule has 1 fully saturated rings. The minimum atomic E-state index is -0.690. The first-order valence-corrected chi connectivity index (χ1v) is 4.76. The van der Waals surface area contributed by atoms with Crippen LogP contribution in [0.4, 0.5) is 4.39 Å². The molecule has 2 rings (SSSR count). The van der Waals surface area contributed by atoms with Crippen LogP contribution in [0.5, 0.6) is 0 Å². The van der Waals surface area contributed by atoms with Gasteiger partial charge in [0.2, 0.25) is 0 Å². The predicted octanol–water partition coefficient (Wildman–Crippen LogP) is 2.24. The standard InChI is InChI=1S/C11H13FO2/c1-7-6-10(14-11(7)13)8-2-4-9(12)5-3-8/h2-5,7,10-11,13H,6H2,1H3/t7-,10+,11?/m0/s1. The average molecular weight is 196 g/mol. The lowest BCUT2D eigenvalue weighted by Gasteiger charge is -2.10. The van der Waals surface area contributed by atoms with E-state index in [0.717, 1.165) is 12.0 Å². The van der Waals surface area contributed by atoms with E-state index in [-0.39, 0.29) is 17.8 Å². The molecule has 3 heteroatoms. The largest absolute Gasteiger partial charge is 0.368 e. The molecule has 3 atom stereocenters. The van der Waals surface area contributed by atoms with Crippen molar-refractivity contribution in [3.63, 3.8) is 0 Å². The van der Waals surface area contributed by atoms with Crippen LogP contribution in [0.3, 0.4) is 0 Å². The highest BCUT2D eigenvalue weighted by Gasteiger charge is 2.31. The van der Waals surface area contributed by atoms with E-state index in [1.165, 1.54) is 12.1 Å². The van der Waals surface area contributed by atoms with Gasteiger partial charge in [0, 0.05) is 5.92 Å². The number of halogens is 1. The van der Waals surface area contributed by atoms with Crippen LogP contribution >= 0.6 is 0 Å². The first-order chi connectivity index (χ1) is 6.66. The van der Waals surface area contributed by atoms with Crippen molar-refractivity contribution in [2.24, 2.45) is 5.92 Å². The van der Waals surface area contributed by atoms with Crippen LogP contribution in [0, 0.1) is 11.7 Å². The van der Waals surface area contributed by atoms with Crippen LogP contribution in [0.1, 0.15) is 25.0 Å². The Hall–Kier alpha value is -0.930. The second-order valence-corrected chi connectivity index (χ2v) is 3.78. The second kappa shape index (κ2) is 3.67. The quantitative estimate of drug-likeness (QED) is 0.746. The Balaban J connectivity index is 2.13. The fourth-order valence-electron chi connectivity index (χ4n) is 1.70. The zero-order valence-corrected chi connectivity index (χ0v) is 7.98. The summed E-state index contributed by atoms with van der Waals surface area (Å²) in [5.74, 6) is -0.106. The summed E-state index contributed by atoms with van der Waals surface area (Å²) in [6.07, 6.45) is -0.00191.